The predicted molar refractivity (Wildman–Crippen MR) is 48.9 cm³/mol. The quantitative estimate of drug-likeness (QED) is 0.695. The Labute approximate surface area is 73.9 Å². The van der Waals surface area contributed by atoms with E-state index in [0.29, 0.717) is 19.5 Å². The number of nitrogens with two attached hydrogens (primary N) is 1. The van der Waals surface area contributed by atoms with Gasteiger partial charge in [-0.15, -0.1) is 0 Å². The van der Waals surface area contributed by atoms with Gasteiger partial charge in [-0.1, -0.05) is 0 Å². The van der Waals surface area contributed by atoms with Crippen LogP contribution in [0.2, 0.25) is 0 Å². The van der Waals surface area contributed by atoms with E-state index in [0.717, 1.165) is 25.8 Å². The standard InChI is InChI=1S/C9H19FN2/c1-12-7-3-5-9(10,8-12)4-2-6-11/h2-8,11H2,1H3. The highest BCUT2D eigenvalue weighted by Gasteiger charge is 2.33. The fraction of sp³-hybridized carbons (Fsp3) is 1.00. The Bertz CT molecular complexity index is 140. The van der Waals surface area contributed by atoms with Gasteiger partial charge in [0.25, 0.3) is 0 Å². The Morgan fingerprint density at radius 1 is 1.58 bits per heavy atom. The molecular formula is C9H19FN2. The molecule has 1 unspecified atom stereocenters. The first kappa shape index (κ1) is 9.93. The molecule has 12 heavy (non-hydrogen) atoms. The molecular weight excluding hydrogens is 155 g/mol. The van der Waals surface area contributed by atoms with Gasteiger partial charge < -0.3 is 10.6 Å². The van der Waals surface area contributed by atoms with E-state index in [9.17, 15) is 4.39 Å². The molecule has 1 aliphatic rings. The van der Waals surface area contributed by atoms with Crippen LogP contribution in [0.3, 0.4) is 0 Å². The Balaban J connectivity index is 2.35. The van der Waals surface area contributed by atoms with Gasteiger partial charge in [0, 0.05) is 6.54 Å². The first-order valence-electron chi connectivity index (χ1n) is 4.74. The van der Waals surface area contributed by atoms with Crippen LogP contribution in [0.1, 0.15) is 25.7 Å². The molecule has 1 rings (SSSR count). The summed E-state index contributed by atoms with van der Waals surface area (Å²) in [6, 6.07) is 0. The number of alkyl halides is 1. The van der Waals surface area contributed by atoms with Crippen molar-refractivity contribution in [3.63, 3.8) is 0 Å². The second kappa shape index (κ2) is 4.19. The minimum absolute atomic E-state index is 0.590. The Morgan fingerprint density at radius 3 is 2.92 bits per heavy atom. The van der Waals surface area contributed by atoms with Crippen LogP contribution in [0.15, 0.2) is 0 Å². The number of hydrogen-bond donors (Lipinski definition) is 1. The molecule has 1 fully saturated rings. The van der Waals surface area contributed by atoms with Gasteiger partial charge >= 0.3 is 0 Å². The van der Waals surface area contributed by atoms with Crippen LogP contribution in [0.4, 0.5) is 4.39 Å². The predicted octanol–water partition coefficient (Wildman–Crippen LogP) is 1.16. The summed E-state index contributed by atoms with van der Waals surface area (Å²) in [7, 11) is 1.98. The van der Waals surface area contributed by atoms with Crippen molar-refractivity contribution >= 4 is 0 Å². The average molecular weight is 174 g/mol. The van der Waals surface area contributed by atoms with Crippen LogP contribution in [0.25, 0.3) is 0 Å². The Kier molecular flexibility index (Phi) is 3.47. The summed E-state index contributed by atoms with van der Waals surface area (Å²) in [5.74, 6) is 0. The number of piperidine rings is 1. The van der Waals surface area contributed by atoms with Crippen molar-refractivity contribution in [1.82, 2.24) is 4.90 Å². The highest BCUT2D eigenvalue weighted by molar-refractivity contribution is 4.86. The molecule has 0 saturated carbocycles. The number of hydrogen-bond acceptors (Lipinski definition) is 2. The summed E-state index contributed by atoms with van der Waals surface area (Å²) >= 11 is 0. The topological polar surface area (TPSA) is 29.3 Å². The first-order chi connectivity index (χ1) is 5.66. The van der Waals surface area contributed by atoms with E-state index in [1.165, 1.54) is 0 Å². The van der Waals surface area contributed by atoms with Crippen LogP contribution in [0.5, 0.6) is 0 Å². The van der Waals surface area contributed by atoms with Gasteiger partial charge in [-0.3, -0.25) is 0 Å². The zero-order valence-corrected chi connectivity index (χ0v) is 7.85. The fourth-order valence-corrected chi connectivity index (χ4v) is 1.93. The van der Waals surface area contributed by atoms with Crippen molar-refractivity contribution < 1.29 is 4.39 Å². The zero-order chi connectivity index (χ0) is 9.03. The van der Waals surface area contributed by atoms with E-state index < -0.39 is 5.67 Å². The highest BCUT2D eigenvalue weighted by Crippen LogP contribution is 2.28. The summed E-state index contributed by atoms with van der Waals surface area (Å²) in [5, 5.41) is 0. The van der Waals surface area contributed by atoms with Crippen molar-refractivity contribution in [3.05, 3.63) is 0 Å². The molecule has 1 aliphatic heterocycles. The van der Waals surface area contributed by atoms with E-state index in [1.54, 1.807) is 0 Å². The van der Waals surface area contributed by atoms with Crippen molar-refractivity contribution in [2.75, 3.05) is 26.7 Å². The van der Waals surface area contributed by atoms with Crippen LogP contribution < -0.4 is 5.73 Å². The molecule has 1 saturated heterocycles. The second-order valence-corrected chi connectivity index (χ2v) is 3.88. The van der Waals surface area contributed by atoms with E-state index in [2.05, 4.69) is 4.90 Å². The molecule has 72 valence electrons. The van der Waals surface area contributed by atoms with Crippen molar-refractivity contribution in [1.29, 1.82) is 0 Å². The molecule has 2 nitrogen and oxygen atoms in total. The van der Waals surface area contributed by atoms with Crippen LogP contribution in [-0.2, 0) is 0 Å². The lowest BCUT2D eigenvalue weighted by Crippen LogP contribution is -2.43. The molecule has 0 aromatic carbocycles. The van der Waals surface area contributed by atoms with E-state index in [4.69, 9.17) is 5.73 Å². The number of rotatable bonds is 3. The Morgan fingerprint density at radius 2 is 2.33 bits per heavy atom. The molecule has 0 aromatic heterocycles. The summed E-state index contributed by atoms with van der Waals surface area (Å²) in [5.41, 5.74) is 4.41. The molecule has 0 bridgehead atoms. The summed E-state index contributed by atoms with van der Waals surface area (Å²) in [6.07, 6.45) is 3.15. The third-order valence-corrected chi connectivity index (χ3v) is 2.55. The second-order valence-electron chi connectivity index (χ2n) is 3.88. The third kappa shape index (κ3) is 2.72. The van der Waals surface area contributed by atoms with Crippen molar-refractivity contribution in [3.8, 4) is 0 Å². The van der Waals surface area contributed by atoms with E-state index >= 15 is 0 Å². The maximum Gasteiger partial charge on any atom is 0.123 e. The SMILES string of the molecule is CN1CCCC(F)(CCCN)C1. The maximum atomic E-state index is 13.9. The molecule has 0 radical (unpaired) electrons. The minimum atomic E-state index is -0.952. The maximum absolute atomic E-state index is 13.9. The summed E-state index contributed by atoms with van der Waals surface area (Å²) < 4.78 is 13.9. The van der Waals surface area contributed by atoms with Crippen LogP contribution in [0, 0.1) is 0 Å². The molecule has 1 heterocycles. The van der Waals surface area contributed by atoms with Gasteiger partial charge in [-0.25, -0.2) is 4.39 Å². The summed E-state index contributed by atoms with van der Waals surface area (Å²) in [4.78, 5) is 2.07. The smallest absolute Gasteiger partial charge is 0.123 e. The monoisotopic (exact) mass is 174 g/mol. The third-order valence-electron chi connectivity index (χ3n) is 2.55. The lowest BCUT2D eigenvalue weighted by Gasteiger charge is -2.35. The lowest BCUT2D eigenvalue weighted by atomic mass is 9.90. The molecule has 0 aromatic rings. The van der Waals surface area contributed by atoms with Crippen molar-refractivity contribution in [2.24, 2.45) is 5.73 Å². The molecule has 0 spiro atoms. The van der Waals surface area contributed by atoms with Crippen LogP contribution >= 0.6 is 0 Å². The molecule has 0 aliphatic carbocycles. The van der Waals surface area contributed by atoms with Gasteiger partial charge in [0.15, 0.2) is 0 Å². The molecule has 2 N–H and O–H groups in total. The number of nitrogens with zero attached hydrogens (tertiary/aromatic N) is 1. The largest absolute Gasteiger partial charge is 0.330 e. The normalized spacial score (nSPS) is 32.2. The van der Waals surface area contributed by atoms with Gasteiger partial charge in [-0.2, -0.15) is 0 Å². The number of halogens is 1. The molecule has 1 atom stereocenters. The average Bonchev–Trinajstić information content (AvgIpc) is 2.01. The number of likely N-dealkylation sites (tertiary alicyclic amines) is 1. The van der Waals surface area contributed by atoms with Gasteiger partial charge in [-0.05, 0) is 45.8 Å². The minimum Gasteiger partial charge on any atom is -0.330 e. The molecule has 3 heteroatoms. The van der Waals surface area contributed by atoms with Gasteiger partial charge in [0.05, 0.1) is 0 Å². The summed E-state index contributed by atoms with van der Waals surface area (Å²) in [6.45, 7) is 2.23. The van der Waals surface area contributed by atoms with Crippen molar-refractivity contribution in [2.45, 2.75) is 31.4 Å². The first-order valence-corrected chi connectivity index (χ1v) is 4.74. The van der Waals surface area contributed by atoms with Gasteiger partial charge in [0.1, 0.15) is 5.67 Å². The highest BCUT2D eigenvalue weighted by atomic mass is 19.1. The van der Waals surface area contributed by atoms with Gasteiger partial charge in [0.2, 0.25) is 0 Å². The Hall–Kier alpha value is -0.150. The lowest BCUT2D eigenvalue weighted by molar-refractivity contribution is 0.0498. The molecule has 0 amide bonds. The van der Waals surface area contributed by atoms with Crippen LogP contribution in [-0.4, -0.2) is 37.3 Å². The van der Waals surface area contributed by atoms with E-state index in [-0.39, 0.29) is 0 Å². The van der Waals surface area contributed by atoms with E-state index in [1.807, 2.05) is 7.05 Å². The zero-order valence-electron chi connectivity index (χ0n) is 7.85. The fourth-order valence-electron chi connectivity index (χ4n) is 1.93.